The van der Waals surface area contributed by atoms with Gasteiger partial charge < -0.3 is 7.59 Å². The summed E-state index contributed by atoms with van der Waals surface area (Å²) < 4.78 is 5.58. The molecule has 0 aromatic rings. The Hall–Kier alpha value is 0.726. The molecule has 0 N–H and O–H groups in total. The van der Waals surface area contributed by atoms with Crippen LogP contribution in [0, 0.1) is 0 Å². The summed E-state index contributed by atoms with van der Waals surface area (Å²) in [7, 11) is 0. The van der Waals surface area contributed by atoms with Crippen LogP contribution in [0.5, 0.6) is 0 Å². The van der Waals surface area contributed by atoms with E-state index in [0.717, 1.165) is 6.61 Å². The van der Waals surface area contributed by atoms with Gasteiger partial charge in [-0.05, 0) is 27.2 Å². The average Bonchev–Trinajstić information content (AvgIpc) is 1.85. The zero-order valence-electron chi connectivity index (χ0n) is 11.2. The van der Waals surface area contributed by atoms with Gasteiger partial charge in [-0.25, -0.2) is 0 Å². The molecule has 0 saturated carbocycles. The Balaban J connectivity index is -0.000000167. The normalized spacial score (nSPS) is 11.0. The van der Waals surface area contributed by atoms with Crippen molar-refractivity contribution in [1.82, 2.24) is 0 Å². The van der Waals surface area contributed by atoms with E-state index in [-0.39, 0.29) is 31.5 Å². The second-order valence-corrected chi connectivity index (χ2v) is 4.02. The fourth-order valence-corrected chi connectivity index (χ4v) is 0.907. The first-order valence-corrected chi connectivity index (χ1v) is 4.70. The minimum atomic E-state index is 0. The molecule has 2 heteroatoms. The quantitative estimate of drug-likeness (QED) is 0.471. The van der Waals surface area contributed by atoms with Crippen molar-refractivity contribution in [3.05, 3.63) is 0 Å². The van der Waals surface area contributed by atoms with E-state index in [1.807, 2.05) is 0 Å². The van der Waals surface area contributed by atoms with Gasteiger partial charge in [0, 0.05) is 6.61 Å². The second kappa shape index (κ2) is 8.33. The van der Waals surface area contributed by atoms with Crippen LogP contribution in [-0.2, 0) is 4.74 Å². The first kappa shape index (κ1) is 15.2. The number of hydrogen-bond donors (Lipinski definition) is 0. The van der Waals surface area contributed by atoms with Crippen LogP contribution in [-0.4, -0.2) is 35.3 Å². The summed E-state index contributed by atoms with van der Waals surface area (Å²) in [4.78, 5) is 0. The van der Waals surface area contributed by atoms with Crippen molar-refractivity contribution in [1.29, 1.82) is 0 Å². The predicted molar refractivity (Wildman–Crippen MR) is 57.8 cm³/mol. The Kier molecular flexibility index (Phi) is 10.6. The van der Waals surface area contributed by atoms with Gasteiger partial charge in [0.2, 0.25) is 0 Å². The molecule has 0 unspecified atom stereocenters. The molecule has 0 fully saturated rings. The molecular weight excluding hydrogens is 160 g/mol. The Morgan fingerprint density at radius 3 is 2.08 bits per heavy atom. The average molecular weight is 185 g/mol. The molecule has 0 bridgehead atoms. The molecule has 0 rings (SSSR count). The standard InChI is InChI=1S/C10H22O.Mg.2H/c1-5-6-7-8-9-11-10(2,3)4;;;/h5-9H2,1-4H3;;;/q;+2;2*-1. The first-order chi connectivity index (χ1) is 5.06. The minimum Gasteiger partial charge on any atom is -1.00 e. The van der Waals surface area contributed by atoms with Crippen molar-refractivity contribution in [3.8, 4) is 0 Å². The van der Waals surface area contributed by atoms with Crippen molar-refractivity contribution in [2.75, 3.05) is 6.61 Å². The largest absolute Gasteiger partial charge is 2.00 e. The van der Waals surface area contributed by atoms with Gasteiger partial charge in [-0.1, -0.05) is 26.2 Å². The number of hydrogen-bond acceptors (Lipinski definition) is 1. The van der Waals surface area contributed by atoms with E-state index in [1.165, 1.54) is 25.7 Å². The van der Waals surface area contributed by atoms with Crippen molar-refractivity contribution < 1.29 is 7.59 Å². The van der Waals surface area contributed by atoms with Gasteiger partial charge in [-0.2, -0.15) is 0 Å². The topological polar surface area (TPSA) is 9.23 Å². The van der Waals surface area contributed by atoms with E-state index in [1.54, 1.807) is 0 Å². The molecule has 0 aliphatic heterocycles. The number of unbranched alkanes of at least 4 members (excludes halogenated alkanes) is 3. The van der Waals surface area contributed by atoms with Crippen molar-refractivity contribution in [2.45, 2.75) is 59.0 Å². The van der Waals surface area contributed by atoms with Crippen molar-refractivity contribution in [3.63, 3.8) is 0 Å². The molecule has 0 radical (unpaired) electrons. The van der Waals surface area contributed by atoms with Crippen molar-refractivity contribution >= 4 is 23.1 Å². The van der Waals surface area contributed by atoms with Crippen LogP contribution < -0.4 is 0 Å². The molecule has 0 aromatic heterocycles. The molecule has 0 amide bonds. The van der Waals surface area contributed by atoms with Gasteiger partial charge in [-0.3, -0.25) is 0 Å². The molecule has 0 spiro atoms. The summed E-state index contributed by atoms with van der Waals surface area (Å²) in [6, 6.07) is 0. The smallest absolute Gasteiger partial charge is 1.00 e. The maximum atomic E-state index is 5.58. The fraction of sp³-hybridized carbons (Fsp3) is 1.00. The third-order valence-electron chi connectivity index (χ3n) is 1.53. The van der Waals surface area contributed by atoms with Gasteiger partial charge in [0.15, 0.2) is 0 Å². The van der Waals surface area contributed by atoms with Crippen LogP contribution in [0.4, 0.5) is 0 Å². The SMILES string of the molecule is CCCCCCOC(C)(C)C.[H-].[H-].[Mg+2]. The Labute approximate surface area is 96.4 Å². The van der Waals surface area contributed by atoms with Crippen LogP contribution in [0.15, 0.2) is 0 Å². The Morgan fingerprint density at radius 1 is 1.08 bits per heavy atom. The van der Waals surface area contributed by atoms with Gasteiger partial charge in [0.1, 0.15) is 0 Å². The van der Waals surface area contributed by atoms with Crippen LogP contribution in [0.1, 0.15) is 56.2 Å². The van der Waals surface area contributed by atoms with Gasteiger partial charge in [-0.15, -0.1) is 0 Å². The summed E-state index contributed by atoms with van der Waals surface area (Å²) in [5.41, 5.74) is 0.0478. The molecule has 1 nitrogen and oxygen atoms in total. The van der Waals surface area contributed by atoms with Crippen LogP contribution >= 0.6 is 0 Å². The zero-order chi connectivity index (χ0) is 8.74. The second-order valence-electron chi connectivity index (χ2n) is 4.02. The minimum absolute atomic E-state index is 0. The molecule has 0 aliphatic rings. The fourth-order valence-electron chi connectivity index (χ4n) is 0.907. The van der Waals surface area contributed by atoms with Crippen LogP contribution in [0.2, 0.25) is 0 Å². The van der Waals surface area contributed by atoms with Gasteiger partial charge in [0.25, 0.3) is 0 Å². The van der Waals surface area contributed by atoms with Gasteiger partial charge >= 0.3 is 23.1 Å². The molecule has 0 heterocycles. The molecule has 0 aliphatic carbocycles. The van der Waals surface area contributed by atoms with E-state index in [0.29, 0.717) is 0 Å². The van der Waals surface area contributed by atoms with E-state index in [9.17, 15) is 0 Å². The van der Waals surface area contributed by atoms with Crippen molar-refractivity contribution in [2.24, 2.45) is 0 Å². The van der Waals surface area contributed by atoms with Gasteiger partial charge in [0.05, 0.1) is 5.60 Å². The Morgan fingerprint density at radius 2 is 1.67 bits per heavy atom. The summed E-state index contributed by atoms with van der Waals surface area (Å²) in [5.74, 6) is 0. The van der Waals surface area contributed by atoms with Crippen LogP contribution in [0.3, 0.4) is 0 Å². The maximum absolute atomic E-state index is 5.58. The number of ether oxygens (including phenoxy) is 1. The third kappa shape index (κ3) is 13.3. The summed E-state index contributed by atoms with van der Waals surface area (Å²) in [5, 5.41) is 0. The molecule has 72 valence electrons. The van der Waals surface area contributed by atoms with E-state index >= 15 is 0 Å². The van der Waals surface area contributed by atoms with Crippen LogP contribution in [0.25, 0.3) is 0 Å². The predicted octanol–water partition coefficient (Wildman–Crippen LogP) is 3.23. The molecule has 0 aromatic carbocycles. The van der Waals surface area contributed by atoms with E-state index in [2.05, 4.69) is 27.7 Å². The first-order valence-electron chi connectivity index (χ1n) is 4.70. The molecule has 0 saturated heterocycles. The third-order valence-corrected chi connectivity index (χ3v) is 1.53. The summed E-state index contributed by atoms with van der Waals surface area (Å²) >= 11 is 0. The summed E-state index contributed by atoms with van der Waals surface area (Å²) in [6.45, 7) is 9.46. The zero-order valence-corrected chi connectivity index (χ0v) is 10.6. The molecular formula is C10H24MgO. The Bertz CT molecular complexity index is 94.6. The summed E-state index contributed by atoms with van der Waals surface area (Å²) in [6.07, 6.45) is 5.17. The van der Waals surface area contributed by atoms with E-state index < -0.39 is 0 Å². The monoisotopic (exact) mass is 184 g/mol. The molecule has 0 atom stereocenters. The maximum Gasteiger partial charge on any atom is 2.00 e. The number of rotatable bonds is 5. The molecule has 12 heavy (non-hydrogen) atoms. The van der Waals surface area contributed by atoms with E-state index in [4.69, 9.17) is 4.74 Å².